The fraction of sp³-hybridized carbons (Fsp3) is 0.714. The maximum Gasteiger partial charge on any atom is 0.314 e. The molecule has 0 radical (unpaired) electrons. The van der Waals surface area contributed by atoms with Crippen molar-refractivity contribution in [3.05, 3.63) is 0 Å². The Morgan fingerprint density at radius 2 is 2.09 bits per heavy atom. The van der Waals surface area contributed by atoms with Gasteiger partial charge in [0.2, 0.25) is 0 Å². The topological polar surface area (TPSA) is 54.4 Å². The predicted octanol–water partition coefficient (Wildman–Crippen LogP) is 0.828. The van der Waals surface area contributed by atoms with Crippen LogP contribution in [0.2, 0.25) is 0 Å². The summed E-state index contributed by atoms with van der Waals surface area (Å²) in [4.78, 5) is 21.2. The number of carbonyl (C=O) groups is 2. The van der Waals surface area contributed by atoms with Gasteiger partial charge in [0.1, 0.15) is 11.7 Å². The van der Waals surface area contributed by atoms with E-state index in [1.807, 2.05) is 0 Å². The first kappa shape index (κ1) is 10.7. The molecular formula is C7H10FeO3. The van der Waals surface area contributed by atoms with E-state index in [1.165, 1.54) is 0 Å². The monoisotopic (exact) mass is 198 g/mol. The van der Waals surface area contributed by atoms with Crippen LogP contribution in [0.15, 0.2) is 0 Å². The number of hydrogen-bond donors (Lipinski definition) is 1. The molecule has 1 aliphatic rings. The van der Waals surface area contributed by atoms with Gasteiger partial charge >= 0.3 is 5.97 Å². The average Bonchev–Trinajstić information content (AvgIpc) is 1.88. The van der Waals surface area contributed by atoms with Crippen LogP contribution < -0.4 is 0 Å². The number of Topliss-reactive ketones (excluding diaryl/α,β-unsaturated/α-hetero) is 1. The SMILES string of the molecule is O=C(O)C1CCCCC1=O.[Fe]. The first-order valence-corrected chi connectivity index (χ1v) is 3.47. The summed E-state index contributed by atoms with van der Waals surface area (Å²) in [6, 6.07) is 0. The van der Waals surface area contributed by atoms with Crippen LogP contribution in [-0.2, 0) is 26.7 Å². The molecule has 3 nitrogen and oxygen atoms in total. The zero-order valence-corrected chi connectivity index (χ0v) is 7.13. The number of carboxylic acid groups (broad SMARTS) is 1. The van der Waals surface area contributed by atoms with Gasteiger partial charge in [-0.3, -0.25) is 9.59 Å². The molecule has 4 heteroatoms. The predicted molar refractivity (Wildman–Crippen MR) is 34.6 cm³/mol. The molecule has 11 heavy (non-hydrogen) atoms. The first-order chi connectivity index (χ1) is 4.72. The Morgan fingerprint density at radius 1 is 1.45 bits per heavy atom. The van der Waals surface area contributed by atoms with Gasteiger partial charge in [0.05, 0.1) is 0 Å². The molecule has 1 saturated carbocycles. The number of hydrogen-bond acceptors (Lipinski definition) is 2. The van der Waals surface area contributed by atoms with E-state index in [4.69, 9.17) is 5.11 Å². The summed E-state index contributed by atoms with van der Waals surface area (Å²) in [5, 5.41) is 8.49. The van der Waals surface area contributed by atoms with Crippen molar-refractivity contribution < 1.29 is 31.8 Å². The smallest absolute Gasteiger partial charge is 0.314 e. The van der Waals surface area contributed by atoms with Crippen LogP contribution in [0.4, 0.5) is 0 Å². The van der Waals surface area contributed by atoms with Crippen molar-refractivity contribution in [3.8, 4) is 0 Å². The van der Waals surface area contributed by atoms with Gasteiger partial charge in [-0.1, -0.05) is 6.42 Å². The molecule has 0 aromatic carbocycles. The van der Waals surface area contributed by atoms with Gasteiger partial charge in [0.25, 0.3) is 0 Å². The maximum absolute atomic E-state index is 10.9. The maximum atomic E-state index is 10.9. The summed E-state index contributed by atoms with van der Waals surface area (Å²) >= 11 is 0. The normalized spacial score (nSPS) is 24.0. The zero-order chi connectivity index (χ0) is 7.56. The molecule has 64 valence electrons. The van der Waals surface area contributed by atoms with Gasteiger partial charge in [0, 0.05) is 23.5 Å². The van der Waals surface area contributed by atoms with Crippen LogP contribution in [-0.4, -0.2) is 16.9 Å². The van der Waals surface area contributed by atoms with E-state index in [9.17, 15) is 9.59 Å². The second kappa shape index (κ2) is 4.52. The van der Waals surface area contributed by atoms with Crippen molar-refractivity contribution in [2.45, 2.75) is 25.7 Å². The van der Waals surface area contributed by atoms with Crippen molar-refractivity contribution in [2.75, 3.05) is 0 Å². The van der Waals surface area contributed by atoms with Crippen LogP contribution in [0, 0.1) is 5.92 Å². The van der Waals surface area contributed by atoms with Gasteiger partial charge in [-0.2, -0.15) is 0 Å². The van der Waals surface area contributed by atoms with Gasteiger partial charge < -0.3 is 5.11 Å². The van der Waals surface area contributed by atoms with Gasteiger partial charge in [-0.05, 0) is 12.8 Å². The number of carbonyl (C=O) groups excluding carboxylic acids is 1. The number of carboxylic acids is 1. The fourth-order valence-corrected chi connectivity index (χ4v) is 1.24. The van der Waals surface area contributed by atoms with E-state index in [0.717, 1.165) is 12.8 Å². The first-order valence-electron chi connectivity index (χ1n) is 3.47. The Hall–Kier alpha value is -0.341. The fourth-order valence-electron chi connectivity index (χ4n) is 1.24. The molecule has 0 aliphatic heterocycles. The summed E-state index contributed by atoms with van der Waals surface area (Å²) in [5.74, 6) is -1.75. The van der Waals surface area contributed by atoms with Gasteiger partial charge in [-0.15, -0.1) is 0 Å². The van der Waals surface area contributed by atoms with E-state index in [1.54, 1.807) is 0 Å². The summed E-state index contributed by atoms with van der Waals surface area (Å²) in [6.07, 6.45) is 2.73. The molecule has 0 amide bonds. The van der Waals surface area contributed by atoms with Crippen molar-refractivity contribution in [1.82, 2.24) is 0 Å². The second-order valence-electron chi connectivity index (χ2n) is 2.60. The minimum Gasteiger partial charge on any atom is -0.481 e. The van der Waals surface area contributed by atoms with Crippen LogP contribution in [0.1, 0.15) is 25.7 Å². The van der Waals surface area contributed by atoms with Crippen molar-refractivity contribution in [1.29, 1.82) is 0 Å². The van der Waals surface area contributed by atoms with Crippen LogP contribution in [0.5, 0.6) is 0 Å². The van der Waals surface area contributed by atoms with Crippen molar-refractivity contribution in [3.63, 3.8) is 0 Å². The average molecular weight is 198 g/mol. The van der Waals surface area contributed by atoms with Crippen molar-refractivity contribution in [2.24, 2.45) is 5.92 Å². The minimum absolute atomic E-state index is 0. The number of rotatable bonds is 1. The molecule has 1 aliphatic carbocycles. The summed E-state index contributed by atoms with van der Waals surface area (Å²) in [5.41, 5.74) is 0. The Labute approximate surface area is 75.6 Å². The van der Waals surface area contributed by atoms with E-state index >= 15 is 0 Å². The summed E-state index contributed by atoms with van der Waals surface area (Å²) < 4.78 is 0. The third-order valence-electron chi connectivity index (χ3n) is 1.85. The van der Waals surface area contributed by atoms with E-state index < -0.39 is 11.9 Å². The van der Waals surface area contributed by atoms with E-state index in [-0.39, 0.29) is 22.9 Å². The molecule has 0 heterocycles. The molecule has 0 aromatic rings. The minimum atomic E-state index is -0.954. The Morgan fingerprint density at radius 3 is 2.45 bits per heavy atom. The van der Waals surface area contributed by atoms with E-state index in [0.29, 0.717) is 12.8 Å². The largest absolute Gasteiger partial charge is 0.481 e. The van der Waals surface area contributed by atoms with Crippen molar-refractivity contribution >= 4 is 11.8 Å². The molecule has 0 saturated heterocycles. The van der Waals surface area contributed by atoms with Gasteiger partial charge in [0.15, 0.2) is 0 Å². The summed E-state index contributed by atoms with van der Waals surface area (Å²) in [6.45, 7) is 0. The quantitative estimate of drug-likeness (QED) is 0.501. The van der Waals surface area contributed by atoms with Crippen LogP contribution in [0.3, 0.4) is 0 Å². The molecule has 0 aromatic heterocycles. The number of ketones is 1. The van der Waals surface area contributed by atoms with Gasteiger partial charge in [-0.25, -0.2) is 0 Å². The molecule has 1 fully saturated rings. The Kier molecular flexibility index (Phi) is 4.38. The standard InChI is InChI=1S/C7H10O3.Fe/c8-6-4-2-1-3-5(6)7(9)10;/h5H,1-4H2,(H,9,10);. The summed E-state index contributed by atoms with van der Waals surface area (Å²) in [7, 11) is 0. The molecule has 1 rings (SSSR count). The third-order valence-corrected chi connectivity index (χ3v) is 1.85. The molecule has 0 spiro atoms. The molecule has 1 unspecified atom stereocenters. The Balaban J connectivity index is 0.000001000. The second-order valence-corrected chi connectivity index (χ2v) is 2.60. The van der Waals surface area contributed by atoms with E-state index in [2.05, 4.69) is 0 Å². The van der Waals surface area contributed by atoms with Crippen LogP contribution in [0.25, 0.3) is 0 Å². The Bertz CT molecular complexity index is 167. The van der Waals surface area contributed by atoms with Crippen LogP contribution >= 0.6 is 0 Å². The third kappa shape index (κ3) is 2.64. The number of aliphatic carboxylic acids is 1. The molecule has 1 N–H and O–H groups in total. The molecular weight excluding hydrogens is 188 g/mol. The molecule has 1 atom stereocenters. The molecule has 0 bridgehead atoms. The zero-order valence-electron chi connectivity index (χ0n) is 6.02.